The Hall–Kier alpha value is -2.02. The summed E-state index contributed by atoms with van der Waals surface area (Å²) < 4.78 is 5.46. The van der Waals surface area contributed by atoms with E-state index in [4.69, 9.17) is 4.74 Å². The van der Waals surface area contributed by atoms with E-state index in [1.54, 1.807) is 4.90 Å². The number of aromatic nitrogens is 2. The second kappa shape index (κ2) is 6.17. The molecular weight excluding hydrogens is 272 g/mol. The maximum absolute atomic E-state index is 12.0. The van der Waals surface area contributed by atoms with Crippen molar-refractivity contribution in [2.75, 3.05) is 26.2 Å². The van der Waals surface area contributed by atoms with E-state index in [-0.39, 0.29) is 23.8 Å². The van der Waals surface area contributed by atoms with Gasteiger partial charge in [-0.05, 0) is 12.8 Å². The van der Waals surface area contributed by atoms with Crippen LogP contribution in [-0.2, 0) is 9.53 Å². The summed E-state index contributed by atoms with van der Waals surface area (Å²) in [6, 6.07) is 0. The fourth-order valence-electron chi connectivity index (χ4n) is 2.55. The summed E-state index contributed by atoms with van der Waals surface area (Å²) in [6.07, 6.45) is 6.65. The first kappa shape index (κ1) is 13.9. The molecule has 0 aliphatic carbocycles. The minimum atomic E-state index is -0.175. The van der Waals surface area contributed by atoms with Gasteiger partial charge in [0.2, 0.25) is 5.91 Å². The molecule has 0 spiro atoms. The molecule has 3 heterocycles. The average molecular weight is 290 g/mol. The Morgan fingerprint density at radius 3 is 2.90 bits per heavy atom. The van der Waals surface area contributed by atoms with Crippen molar-refractivity contribution in [1.29, 1.82) is 0 Å². The Balaban J connectivity index is 1.42. The molecule has 3 rings (SSSR count). The zero-order valence-corrected chi connectivity index (χ0v) is 11.7. The first-order chi connectivity index (χ1) is 10.2. The van der Waals surface area contributed by atoms with Crippen molar-refractivity contribution < 1.29 is 14.3 Å². The highest BCUT2D eigenvalue weighted by atomic mass is 16.5. The van der Waals surface area contributed by atoms with Crippen molar-refractivity contribution in [2.45, 2.75) is 18.9 Å². The molecule has 2 aliphatic rings. The lowest BCUT2D eigenvalue weighted by atomic mass is 9.98. The minimum Gasteiger partial charge on any atom is -0.376 e. The van der Waals surface area contributed by atoms with Gasteiger partial charge in [-0.1, -0.05) is 0 Å². The average Bonchev–Trinajstić information content (AvgIpc) is 2.97. The Labute approximate surface area is 122 Å². The molecule has 7 nitrogen and oxygen atoms in total. The summed E-state index contributed by atoms with van der Waals surface area (Å²) >= 11 is 0. The summed E-state index contributed by atoms with van der Waals surface area (Å²) in [5.41, 5.74) is 0.315. The van der Waals surface area contributed by atoms with E-state index in [1.165, 1.54) is 18.6 Å². The number of likely N-dealkylation sites (tertiary alicyclic amines) is 1. The van der Waals surface area contributed by atoms with Crippen LogP contribution >= 0.6 is 0 Å². The Morgan fingerprint density at radius 2 is 2.24 bits per heavy atom. The van der Waals surface area contributed by atoms with Gasteiger partial charge in [0.1, 0.15) is 5.69 Å². The maximum Gasteiger partial charge on any atom is 0.274 e. The number of carbonyl (C=O) groups is 2. The fourth-order valence-corrected chi connectivity index (χ4v) is 2.55. The summed E-state index contributed by atoms with van der Waals surface area (Å²) in [5, 5.41) is 2.90. The van der Waals surface area contributed by atoms with Crippen LogP contribution in [0.1, 0.15) is 23.3 Å². The second-order valence-electron chi connectivity index (χ2n) is 5.38. The number of carbonyl (C=O) groups excluding carboxylic acids is 2. The molecule has 2 aliphatic heterocycles. The monoisotopic (exact) mass is 290 g/mol. The molecule has 0 saturated carbocycles. The van der Waals surface area contributed by atoms with Crippen molar-refractivity contribution in [1.82, 2.24) is 20.2 Å². The van der Waals surface area contributed by atoms with E-state index in [0.29, 0.717) is 25.3 Å². The molecule has 1 aromatic heterocycles. The van der Waals surface area contributed by atoms with Crippen molar-refractivity contribution in [3.8, 4) is 0 Å². The first-order valence-electron chi connectivity index (χ1n) is 7.18. The quantitative estimate of drug-likeness (QED) is 0.833. The number of hydrogen-bond acceptors (Lipinski definition) is 5. The van der Waals surface area contributed by atoms with Gasteiger partial charge >= 0.3 is 0 Å². The van der Waals surface area contributed by atoms with E-state index in [0.717, 1.165) is 19.4 Å². The zero-order valence-electron chi connectivity index (χ0n) is 11.7. The number of hydrogen-bond donors (Lipinski definition) is 1. The van der Waals surface area contributed by atoms with Gasteiger partial charge in [0.05, 0.1) is 18.2 Å². The topological polar surface area (TPSA) is 84.4 Å². The molecule has 0 radical (unpaired) electrons. The molecule has 112 valence electrons. The van der Waals surface area contributed by atoms with Gasteiger partial charge < -0.3 is 15.0 Å². The molecular formula is C14H18N4O3. The molecule has 0 aromatic carbocycles. The third-order valence-corrected chi connectivity index (χ3v) is 3.85. The normalized spacial score (nSPS) is 21.9. The van der Waals surface area contributed by atoms with E-state index in [1.807, 2.05) is 0 Å². The van der Waals surface area contributed by atoms with Crippen molar-refractivity contribution >= 4 is 11.8 Å². The maximum atomic E-state index is 12.0. The van der Waals surface area contributed by atoms with Crippen LogP contribution in [0.2, 0.25) is 0 Å². The first-order valence-corrected chi connectivity index (χ1v) is 7.18. The molecule has 0 unspecified atom stereocenters. The number of amides is 2. The summed E-state index contributed by atoms with van der Waals surface area (Å²) in [5.74, 6) is -0.313. The van der Waals surface area contributed by atoms with Gasteiger partial charge in [-0.25, -0.2) is 4.98 Å². The summed E-state index contributed by atoms with van der Waals surface area (Å²) in [6.45, 7) is 2.22. The van der Waals surface area contributed by atoms with Crippen LogP contribution in [0.15, 0.2) is 18.6 Å². The van der Waals surface area contributed by atoms with E-state index >= 15 is 0 Å². The molecule has 1 aromatic rings. The van der Waals surface area contributed by atoms with Crippen LogP contribution in [0.25, 0.3) is 0 Å². The molecule has 2 fully saturated rings. The highest BCUT2D eigenvalue weighted by Gasteiger charge is 2.36. The molecule has 2 saturated heterocycles. The van der Waals surface area contributed by atoms with Crippen LogP contribution in [-0.4, -0.2) is 59.0 Å². The second-order valence-corrected chi connectivity index (χ2v) is 5.38. The lowest BCUT2D eigenvalue weighted by molar-refractivity contribution is -0.129. The standard InChI is InChI=1S/C14H18N4O3/c19-13(17-6-11-2-1-5-21-11)10-8-18(9-10)14(20)12-7-15-3-4-16-12/h3-4,7,10-11H,1-2,5-6,8-9H2,(H,17,19)/t11-/m0/s1. The lowest BCUT2D eigenvalue weighted by Crippen LogP contribution is -2.56. The summed E-state index contributed by atoms with van der Waals surface area (Å²) in [7, 11) is 0. The predicted octanol–water partition coefficient (Wildman–Crippen LogP) is -0.156. The Kier molecular flexibility index (Phi) is 4.10. The van der Waals surface area contributed by atoms with Crippen molar-refractivity contribution in [3.05, 3.63) is 24.3 Å². The predicted molar refractivity (Wildman–Crippen MR) is 73.4 cm³/mol. The summed E-state index contributed by atoms with van der Waals surface area (Å²) in [4.78, 5) is 33.4. The smallest absolute Gasteiger partial charge is 0.274 e. The van der Waals surface area contributed by atoms with Crippen LogP contribution in [0.4, 0.5) is 0 Å². The third-order valence-electron chi connectivity index (χ3n) is 3.85. The third kappa shape index (κ3) is 3.18. The molecule has 0 bridgehead atoms. The van der Waals surface area contributed by atoms with E-state index < -0.39 is 0 Å². The Morgan fingerprint density at radius 1 is 1.38 bits per heavy atom. The van der Waals surface area contributed by atoms with Crippen LogP contribution < -0.4 is 5.32 Å². The van der Waals surface area contributed by atoms with Gasteiger partial charge in [-0.2, -0.15) is 0 Å². The largest absolute Gasteiger partial charge is 0.376 e. The minimum absolute atomic E-state index is 0.00584. The zero-order chi connectivity index (χ0) is 14.7. The van der Waals surface area contributed by atoms with Crippen LogP contribution in [0.5, 0.6) is 0 Å². The van der Waals surface area contributed by atoms with Gasteiger partial charge in [0, 0.05) is 38.6 Å². The highest BCUT2D eigenvalue weighted by molar-refractivity contribution is 5.94. The van der Waals surface area contributed by atoms with Crippen molar-refractivity contribution in [2.24, 2.45) is 5.92 Å². The molecule has 21 heavy (non-hydrogen) atoms. The fraction of sp³-hybridized carbons (Fsp3) is 0.571. The van der Waals surface area contributed by atoms with Crippen LogP contribution in [0, 0.1) is 5.92 Å². The molecule has 7 heteroatoms. The van der Waals surface area contributed by atoms with E-state index in [9.17, 15) is 9.59 Å². The number of nitrogens with one attached hydrogen (secondary N) is 1. The number of rotatable bonds is 4. The molecule has 1 atom stereocenters. The molecule has 1 N–H and O–H groups in total. The molecule has 2 amide bonds. The van der Waals surface area contributed by atoms with E-state index in [2.05, 4.69) is 15.3 Å². The van der Waals surface area contributed by atoms with Gasteiger partial charge in [0.25, 0.3) is 5.91 Å². The number of nitrogens with zero attached hydrogens (tertiary/aromatic N) is 3. The van der Waals surface area contributed by atoms with Gasteiger partial charge in [-0.3, -0.25) is 14.6 Å². The number of ether oxygens (including phenoxy) is 1. The SMILES string of the molecule is O=C(NC[C@@H]1CCCO1)C1CN(C(=O)c2cnccn2)C1. The Bertz CT molecular complexity index is 510. The van der Waals surface area contributed by atoms with Crippen molar-refractivity contribution in [3.63, 3.8) is 0 Å². The highest BCUT2D eigenvalue weighted by Crippen LogP contribution is 2.18. The van der Waals surface area contributed by atoms with Gasteiger partial charge in [-0.15, -0.1) is 0 Å². The lowest BCUT2D eigenvalue weighted by Gasteiger charge is -2.38. The van der Waals surface area contributed by atoms with Crippen LogP contribution in [0.3, 0.4) is 0 Å². The van der Waals surface area contributed by atoms with Gasteiger partial charge in [0.15, 0.2) is 0 Å².